The summed E-state index contributed by atoms with van der Waals surface area (Å²) in [5, 5.41) is 0. The average molecular weight is 241 g/mol. The van der Waals surface area contributed by atoms with Crippen LogP contribution in [0, 0.1) is 5.92 Å². The molecule has 98 valence electrons. The van der Waals surface area contributed by atoms with Gasteiger partial charge in [0.15, 0.2) is 0 Å². The minimum atomic E-state index is -0.279. The number of esters is 1. The van der Waals surface area contributed by atoms with Gasteiger partial charge < -0.3 is 9.64 Å². The normalized spacial score (nSPS) is 24.5. The molecule has 4 nitrogen and oxygen atoms in total. The van der Waals surface area contributed by atoms with Gasteiger partial charge in [-0.1, -0.05) is 6.92 Å². The Balaban J connectivity index is 2.34. The number of amides is 1. The Labute approximate surface area is 103 Å². The summed E-state index contributed by atoms with van der Waals surface area (Å²) in [7, 11) is 0. The fraction of sp³-hybridized carbons (Fsp3) is 0.846. The highest BCUT2D eigenvalue weighted by atomic mass is 16.5. The zero-order chi connectivity index (χ0) is 12.8. The van der Waals surface area contributed by atoms with Gasteiger partial charge in [-0.3, -0.25) is 9.59 Å². The van der Waals surface area contributed by atoms with Crippen molar-refractivity contribution in [3.63, 3.8) is 0 Å². The molecule has 1 aliphatic heterocycles. The van der Waals surface area contributed by atoms with Crippen LogP contribution in [0.5, 0.6) is 0 Å². The Bertz CT molecular complexity index is 278. The van der Waals surface area contributed by atoms with Gasteiger partial charge in [0.05, 0.1) is 13.0 Å². The van der Waals surface area contributed by atoms with Crippen molar-refractivity contribution in [1.82, 2.24) is 4.90 Å². The Hall–Kier alpha value is -1.06. The predicted octanol–water partition coefficient (Wildman–Crippen LogP) is 1.98. The van der Waals surface area contributed by atoms with E-state index >= 15 is 0 Å². The first-order valence-electron chi connectivity index (χ1n) is 6.49. The van der Waals surface area contributed by atoms with Crippen molar-refractivity contribution in [3.05, 3.63) is 0 Å². The molecule has 0 N–H and O–H groups in total. The molecular weight excluding hydrogens is 218 g/mol. The summed E-state index contributed by atoms with van der Waals surface area (Å²) in [6.07, 6.45) is 2.60. The van der Waals surface area contributed by atoms with Crippen LogP contribution in [0.15, 0.2) is 0 Å². The van der Waals surface area contributed by atoms with Crippen LogP contribution < -0.4 is 0 Å². The van der Waals surface area contributed by atoms with Crippen LogP contribution in [0.25, 0.3) is 0 Å². The first-order valence-corrected chi connectivity index (χ1v) is 6.49. The fourth-order valence-corrected chi connectivity index (χ4v) is 2.36. The summed E-state index contributed by atoms with van der Waals surface area (Å²) in [5.41, 5.74) is 0. The molecule has 4 heteroatoms. The molecule has 0 spiro atoms. The molecule has 2 unspecified atom stereocenters. The summed E-state index contributed by atoms with van der Waals surface area (Å²) in [5.74, 6) is 0.496. The molecule has 17 heavy (non-hydrogen) atoms. The highest BCUT2D eigenvalue weighted by Crippen LogP contribution is 2.22. The van der Waals surface area contributed by atoms with E-state index < -0.39 is 0 Å². The average Bonchev–Trinajstić information content (AvgIpc) is 2.26. The number of hydrogen-bond donors (Lipinski definition) is 0. The zero-order valence-corrected chi connectivity index (χ0v) is 11.1. The minimum absolute atomic E-state index is 0.0810. The topological polar surface area (TPSA) is 46.6 Å². The molecule has 1 aliphatic rings. The SMILES string of the molecule is CCOC(=O)CCC(=O)N1CCC(C)CC1C. The number of hydrogen-bond acceptors (Lipinski definition) is 3. The van der Waals surface area contributed by atoms with E-state index in [0.717, 1.165) is 19.4 Å². The monoisotopic (exact) mass is 241 g/mol. The van der Waals surface area contributed by atoms with Crippen molar-refractivity contribution in [2.75, 3.05) is 13.2 Å². The van der Waals surface area contributed by atoms with E-state index in [1.165, 1.54) is 0 Å². The molecule has 0 radical (unpaired) electrons. The van der Waals surface area contributed by atoms with Crippen LogP contribution in [0.1, 0.15) is 46.5 Å². The van der Waals surface area contributed by atoms with Gasteiger partial charge in [0.2, 0.25) is 5.91 Å². The molecule has 0 aromatic rings. The van der Waals surface area contributed by atoms with Crippen molar-refractivity contribution >= 4 is 11.9 Å². The molecule has 1 rings (SSSR count). The minimum Gasteiger partial charge on any atom is -0.466 e. The molecule has 0 saturated carbocycles. The van der Waals surface area contributed by atoms with E-state index in [1.807, 2.05) is 4.90 Å². The van der Waals surface area contributed by atoms with Crippen LogP contribution in [0.2, 0.25) is 0 Å². The van der Waals surface area contributed by atoms with Crippen LogP contribution >= 0.6 is 0 Å². The van der Waals surface area contributed by atoms with E-state index in [2.05, 4.69) is 13.8 Å². The van der Waals surface area contributed by atoms with Crippen LogP contribution in [-0.2, 0) is 14.3 Å². The standard InChI is InChI=1S/C13H23NO3/c1-4-17-13(16)6-5-12(15)14-8-7-10(2)9-11(14)3/h10-11H,4-9H2,1-3H3. The summed E-state index contributed by atoms with van der Waals surface area (Å²) in [4.78, 5) is 25.0. The molecule has 1 fully saturated rings. The number of carbonyl (C=O) groups is 2. The second-order valence-electron chi connectivity index (χ2n) is 4.87. The summed E-state index contributed by atoms with van der Waals surface area (Å²) >= 11 is 0. The Morgan fingerprint density at radius 3 is 2.59 bits per heavy atom. The van der Waals surface area contributed by atoms with Crippen LogP contribution in [0.3, 0.4) is 0 Å². The summed E-state index contributed by atoms with van der Waals surface area (Å²) in [6, 6.07) is 0.299. The van der Waals surface area contributed by atoms with Gasteiger partial charge in [-0.2, -0.15) is 0 Å². The first kappa shape index (κ1) is 14.0. The van der Waals surface area contributed by atoms with Gasteiger partial charge in [0.25, 0.3) is 0 Å². The lowest BCUT2D eigenvalue weighted by Gasteiger charge is -2.36. The van der Waals surface area contributed by atoms with E-state index in [0.29, 0.717) is 18.6 Å². The molecule has 0 aliphatic carbocycles. The molecule has 1 saturated heterocycles. The summed E-state index contributed by atoms with van der Waals surface area (Å²) in [6.45, 7) is 7.28. The van der Waals surface area contributed by atoms with Crippen molar-refractivity contribution < 1.29 is 14.3 Å². The molecule has 0 bridgehead atoms. The van der Waals surface area contributed by atoms with Crippen LogP contribution in [0.4, 0.5) is 0 Å². The molecular formula is C13H23NO3. The van der Waals surface area contributed by atoms with Crippen molar-refractivity contribution in [2.24, 2.45) is 5.92 Å². The highest BCUT2D eigenvalue weighted by Gasteiger charge is 2.26. The Morgan fingerprint density at radius 1 is 1.29 bits per heavy atom. The van der Waals surface area contributed by atoms with Crippen LogP contribution in [-0.4, -0.2) is 36.0 Å². The van der Waals surface area contributed by atoms with Crippen molar-refractivity contribution in [1.29, 1.82) is 0 Å². The largest absolute Gasteiger partial charge is 0.466 e. The molecule has 0 aromatic heterocycles. The quantitative estimate of drug-likeness (QED) is 0.707. The van der Waals surface area contributed by atoms with E-state index in [4.69, 9.17) is 4.74 Å². The zero-order valence-electron chi connectivity index (χ0n) is 11.1. The highest BCUT2D eigenvalue weighted by molar-refractivity contribution is 5.81. The van der Waals surface area contributed by atoms with Gasteiger partial charge in [-0.25, -0.2) is 0 Å². The van der Waals surface area contributed by atoms with E-state index in [1.54, 1.807) is 6.92 Å². The van der Waals surface area contributed by atoms with E-state index in [9.17, 15) is 9.59 Å². The number of carbonyl (C=O) groups excluding carboxylic acids is 2. The van der Waals surface area contributed by atoms with Crippen molar-refractivity contribution in [2.45, 2.75) is 52.5 Å². The molecule has 2 atom stereocenters. The summed E-state index contributed by atoms with van der Waals surface area (Å²) < 4.78 is 4.81. The molecule has 1 heterocycles. The van der Waals surface area contributed by atoms with Gasteiger partial charge in [0, 0.05) is 19.0 Å². The lowest BCUT2D eigenvalue weighted by atomic mass is 9.93. The number of nitrogens with zero attached hydrogens (tertiary/aromatic N) is 1. The number of piperidine rings is 1. The fourth-order valence-electron chi connectivity index (χ4n) is 2.36. The third-order valence-corrected chi connectivity index (χ3v) is 3.31. The van der Waals surface area contributed by atoms with Gasteiger partial charge >= 0.3 is 5.97 Å². The first-order chi connectivity index (χ1) is 8.04. The van der Waals surface area contributed by atoms with Crippen molar-refractivity contribution in [3.8, 4) is 0 Å². The predicted molar refractivity (Wildman–Crippen MR) is 65.4 cm³/mol. The smallest absolute Gasteiger partial charge is 0.306 e. The van der Waals surface area contributed by atoms with E-state index in [-0.39, 0.29) is 24.7 Å². The number of rotatable bonds is 4. The third-order valence-electron chi connectivity index (χ3n) is 3.31. The van der Waals surface area contributed by atoms with Gasteiger partial charge in [-0.15, -0.1) is 0 Å². The lowest BCUT2D eigenvalue weighted by molar-refractivity contribution is -0.146. The lowest BCUT2D eigenvalue weighted by Crippen LogP contribution is -2.44. The molecule has 0 aromatic carbocycles. The van der Waals surface area contributed by atoms with Gasteiger partial charge in [0.1, 0.15) is 0 Å². The molecule has 1 amide bonds. The maximum absolute atomic E-state index is 11.9. The second kappa shape index (κ2) is 6.62. The number of likely N-dealkylation sites (tertiary alicyclic amines) is 1. The Morgan fingerprint density at radius 2 is 2.00 bits per heavy atom. The van der Waals surface area contributed by atoms with Gasteiger partial charge in [-0.05, 0) is 32.6 Å². The Kier molecular flexibility index (Phi) is 5.45. The maximum Gasteiger partial charge on any atom is 0.306 e. The maximum atomic E-state index is 11.9. The number of ether oxygens (including phenoxy) is 1. The second-order valence-corrected chi connectivity index (χ2v) is 4.87. The third kappa shape index (κ3) is 4.36.